The highest BCUT2D eigenvalue weighted by molar-refractivity contribution is 6.31. The number of carbonyl (C=O) groups excluding carboxylic acids is 1. The minimum Gasteiger partial charge on any atom is -0.351 e. The fraction of sp³-hybridized carbons (Fsp3) is 0.111. The molecule has 2 aromatic carbocycles. The lowest BCUT2D eigenvalue weighted by Gasteiger charge is -2.05. The summed E-state index contributed by atoms with van der Waals surface area (Å²) >= 11 is 5.84. The van der Waals surface area contributed by atoms with E-state index >= 15 is 0 Å². The van der Waals surface area contributed by atoms with E-state index in [1.807, 2.05) is 36.5 Å². The van der Waals surface area contributed by atoms with Crippen molar-refractivity contribution in [2.45, 2.75) is 6.42 Å². The number of nitrogens with zero attached hydrogens (tertiary/aromatic N) is 3. The summed E-state index contributed by atoms with van der Waals surface area (Å²) in [5.74, 6) is -0.533. The summed E-state index contributed by atoms with van der Waals surface area (Å²) in [6.45, 7) is 0.322. The van der Waals surface area contributed by atoms with Gasteiger partial charge in [-0.15, -0.1) is 0 Å². The minimum atomic E-state index is -0.602. The van der Waals surface area contributed by atoms with Gasteiger partial charge < -0.3 is 5.32 Å². The van der Waals surface area contributed by atoms with Crippen LogP contribution in [-0.2, 0) is 6.42 Å². The molecule has 1 heterocycles. The van der Waals surface area contributed by atoms with Crippen LogP contribution in [0.5, 0.6) is 0 Å². The lowest BCUT2D eigenvalue weighted by atomic mass is 10.1. The molecule has 8 heteroatoms. The van der Waals surface area contributed by atoms with E-state index in [-0.39, 0.29) is 16.3 Å². The maximum atomic E-state index is 12.2. The first-order chi connectivity index (χ1) is 12.5. The predicted molar refractivity (Wildman–Crippen MR) is 97.7 cm³/mol. The first-order valence-electron chi connectivity index (χ1n) is 7.86. The van der Waals surface area contributed by atoms with Crippen molar-refractivity contribution in [2.75, 3.05) is 6.54 Å². The average molecular weight is 371 g/mol. The summed E-state index contributed by atoms with van der Waals surface area (Å²) < 4.78 is 1.75. The van der Waals surface area contributed by atoms with Crippen LogP contribution >= 0.6 is 11.6 Å². The third kappa shape index (κ3) is 4.07. The number of nitro groups is 1. The fourth-order valence-corrected chi connectivity index (χ4v) is 2.65. The van der Waals surface area contributed by atoms with Gasteiger partial charge in [-0.2, -0.15) is 5.10 Å². The molecule has 7 nitrogen and oxygen atoms in total. The highest BCUT2D eigenvalue weighted by Gasteiger charge is 2.20. The Kier molecular flexibility index (Phi) is 5.28. The Morgan fingerprint density at radius 1 is 1.23 bits per heavy atom. The number of rotatable bonds is 6. The Bertz CT molecular complexity index is 941. The predicted octanol–water partition coefficient (Wildman–Crippen LogP) is 3.41. The summed E-state index contributed by atoms with van der Waals surface area (Å²) in [4.78, 5) is 22.7. The second kappa shape index (κ2) is 7.79. The third-order valence-corrected chi connectivity index (χ3v) is 3.99. The van der Waals surface area contributed by atoms with Crippen molar-refractivity contribution >= 4 is 23.2 Å². The van der Waals surface area contributed by atoms with Gasteiger partial charge in [0.05, 0.1) is 16.8 Å². The van der Waals surface area contributed by atoms with Gasteiger partial charge in [0.1, 0.15) is 5.56 Å². The van der Waals surface area contributed by atoms with E-state index < -0.39 is 10.8 Å². The fourth-order valence-electron chi connectivity index (χ4n) is 2.48. The number of carbonyl (C=O) groups is 1. The zero-order valence-corrected chi connectivity index (χ0v) is 14.4. The average Bonchev–Trinajstić information content (AvgIpc) is 3.11. The van der Waals surface area contributed by atoms with Gasteiger partial charge in [-0.3, -0.25) is 14.9 Å². The Morgan fingerprint density at radius 2 is 2.00 bits per heavy atom. The Balaban J connectivity index is 1.62. The molecule has 26 heavy (non-hydrogen) atoms. The molecule has 0 aliphatic rings. The summed E-state index contributed by atoms with van der Waals surface area (Å²) in [5.41, 5.74) is 1.55. The zero-order chi connectivity index (χ0) is 18.5. The van der Waals surface area contributed by atoms with Crippen LogP contribution in [0.2, 0.25) is 5.02 Å². The Hall–Kier alpha value is -3.19. The van der Waals surface area contributed by atoms with E-state index in [9.17, 15) is 14.9 Å². The molecule has 0 atom stereocenters. The number of nitro benzene ring substituents is 1. The van der Waals surface area contributed by atoms with Gasteiger partial charge in [0.25, 0.3) is 11.6 Å². The lowest BCUT2D eigenvalue weighted by molar-refractivity contribution is -0.385. The van der Waals surface area contributed by atoms with Crippen molar-refractivity contribution in [2.24, 2.45) is 0 Å². The van der Waals surface area contributed by atoms with Crippen molar-refractivity contribution in [1.82, 2.24) is 15.1 Å². The quantitative estimate of drug-likeness (QED) is 0.531. The van der Waals surface area contributed by atoms with Crippen LogP contribution in [0, 0.1) is 10.1 Å². The molecule has 132 valence electrons. The Morgan fingerprint density at radius 3 is 2.73 bits per heavy atom. The number of halogens is 1. The molecule has 0 saturated heterocycles. The van der Waals surface area contributed by atoms with Gasteiger partial charge >= 0.3 is 0 Å². The zero-order valence-electron chi connectivity index (χ0n) is 13.6. The summed E-state index contributed by atoms with van der Waals surface area (Å²) in [6, 6.07) is 13.6. The second-order valence-electron chi connectivity index (χ2n) is 5.55. The van der Waals surface area contributed by atoms with Gasteiger partial charge in [0.15, 0.2) is 0 Å². The molecule has 0 fully saturated rings. The van der Waals surface area contributed by atoms with Crippen molar-refractivity contribution in [3.63, 3.8) is 0 Å². The normalized spacial score (nSPS) is 10.5. The van der Waals surface area contributed by atoms with Gasteiger partial charge in [0.2, 0.25) is 0 Å². The standard InChI is InChI=1S/C18H15ClN4O3/c19-14-6-7-17(23(25)26)16(10-14)18(24)20-9-8-13-11-21-22(12-13)15-4-2-1-3-5-15/h1-7,10-12H,8-9H2,(H,20,24). The van der Waals surface area contributed by atoms with Crippen LogP contribution in [0.1, 0.15) is 15.9 Å². The minimum absolute atomic E-state index is 0.0533. The van der Waals surface area contributed by atoms with Gasteiger partial charge in [-0.05, 0) is 36.2 Å². The van der Waals surface area contributed by atoms with Gasteiger partial charge in [-0.1, -0.05) is 29.8 Å². The van der Waals surface area contributed by atoms with Crippen molar-refractivity contribution < 1.29 is 9.72 Å². The SMILES string of the molecule is O=C(NCCc1cnn(-c2ccccc2)c1)c1cc(Cl)ccc1[N+](=O)[O-]. The molecule has 1 amide bonds. The first kappa shape index (κ1) is 17.6. The van der Waals surface area contributed by atoms with Crippen LogP contribution in [0.4, 0.5) is 5.69 Å². The number of nitrogens with one attached hydrogen (secondary N) is 1. The molecular formula is C18H15ClN4O3. The molecule has 0 unspecified atom stereocenters. The van der Waals surface area contributed by atoms with Crippen molar-refractivity contribution in [3.8, 4) is 5.69 Å². The number of benzene rings is 2. The number of para-hydroxylation sites is 1. The molecule has 0 aliphatic heterocycles. The van der Waals surface area contributed by atoms with E-state index in [2.05, 4.69) is 10.4 Å². The number of amides is 1. The summed E-state index contributed by atoms with van der Waals surface area (Å²) in [6.07, 6.45) is 4.15. The van der Waals surface area contributed by atoms with Crippen LogP contribution in [0.3, 0.4) is 0 Å². The van der Waals surface area contributed by atoms with Crippen molar-refractivity contribution in [3.05, 3.63) is 87.2 Å². The molecule has 3 rings (SSSR count). The molecule has 3 aromatic rings. The maximum Gasteiger partial charge on any atom is 0.282 e. The van der Waals surface area contributed by atoms with Gasteiger partial charge in [0, 0.05) is 23.8 Å². The molecule has 0 radical (unpaired) electrons. The van der Waals surface area contributed by atoms with E-state index in [0.717, 1.165) is 11.3 Å². The monoisotopic (exact) mass is 370 g/mol. The summed E-state index contributed by atoms with van der Waals surface area (Å²) in [5, 5.41) is 18.3. The van der Waals surface area contributed by atoms with Crippen LogP contribution in [0.15, 0.2) is 60.9 Å². The largest absolute Gasteiger partial charge is 0.351 e. The highest BCUT2D eigenvalue weighted by Crippen LogP contribution is 2.22. The molecule has 0 saturated carbocycles. The molecular weight excluding hydrogens is 356 g/mol. The molecule has 1 N–H and O–H groups in total. The Labute approximate surface area is 154 Å². The molecule has 0 aliphatic carbocycles. The lowest BCUT2D eigenvalue weighted by Crippen LogP contribution is -2.26. The highest BCUT2D eigenvalue weighted by atomic mass is 35.5. The van der Waals surface area contributed by atoms with Crippen molar-refractivity contribution in [1.29, 1.82) is 0 Å². The topological polar surface area (TPSA) is 90.1 Å². The summed E-state index contributed by atoms with van der Waals surface area (Å²) in [7, 11) is 0. The number of hydrogen-bond acceptors (Lipinski definition) is 4. The maximum absolute atomic E-state index is 12.2. The van der Waals surface area contributed by atoms with E-state index in [1.165, 1.54) is 18.2 Å². The van der Waals surface area contributed by atoms with Gasteiger partial charge in [-0.25, -0.2) is 4.68 Å². The smallest absolute Gasteiger partial charge is 0.282 e. The third-order valence-electron chi connectivity index (χ3n) is 3.76. The molecule has 1 aromatic heterocycles. The number of aromatic nitrogens is 2. The van der Waals surface area contributed by atoms with E-state index in [1.54, 1.807) is 10.9 Å². The second-order valence-corrected chi connectivity index (χ2v) is 5.99. The van der Waals surface area contributed by atoms with Crippen LogP contribution in [-0.4, -0.2) is 27.2 Å². The molecule has 0 bridgehead atoms. The van der Waals surface area contributed by atoms with E-state index in [0.29, 0.717) is 13.0 Å². The van der Waals surface area contributed by atoms with Crippen LogP contribution < -0.4 is 5.32 Å². The van der Waals surface area contributed by atoms with Crippen LogP contribution in [0.25, 0.3) is 5.69 Å². The van der Waals surface area contributed by atoms with E-state index in [4.69, 9.17) is 11.6 Å². The number of hydrogen-bond donors (Lipinski definition) is 1. The molecule has 0 spiro atoms. The first-order valence-corrected chi connectivity index (χ1v) is 8.23.